The molecule has 1 aliphatic heterocycles. The number of nitrogens with one attached hydrogen (secondary N) is 1. The van der Waals surface area contributed by atoms with Crippen LogP contribution in [0.1, 0.15) is 13.3 Å². The molecule has 0 bridgehead atoms. The number of likely N-dealkylation sites (tertiary alicyclic amines) is 1. The van der Waals surface area contributed by atoms with Gasteiger partial charge in [-0.1, -0.05) is 0 Å². The van der Waals surface area contributed by atoms with Gasteiger partial charge < -0.3 is 10.6 Å². The lowest BCUT2D eigenvalue weighted by molar-refractivity contribution is 0.478. The summed E-state index contributed by atoms with van der Waals surface area (Å²) in [5, 5.41) is 7.34. The van der Waals surface area contributed by atoms with Gasteiger partial charge in [0.25, 0.3) is 0 Å². The van der Waals surface area contributed by atoms with Gasteiger partial charge >= 0.3 is 0 Å². The SMILES string of the molecule is CC(=N)N1CCC(CN)C1. The first-order valence-corrected chi connectivity index (χ1v) is 3.74. The lowest BCUT2D eigenvalue weighted by Gasteiger charge is -2.15. The summed E-state index contributed by atoms with van der Waals surface area (Å²) in [6.07, 6.45) is 1.16. The molecule has 0 aromatic carbocycles. The standard InChI is InChI=1S/C7H15N3/c1-6(9)10-3-2-7(4-8)5-10/h7,9H,2-5,8H2,1H3. The predicted molar refractivity (Wildman–Crippen MR) is 42.1 cm³/mol. The fraction of sp³-hybridized carbons (Fsp3) is 0.857. The molecule has 0 spiro atoms. The van der Waals surface area contributed by atoms with Crippen molar-refractivity contribution in [2.75, 3.05) is 19.6 Å². The van der Waals surface area contributed by atoms with Crippen molar-refractivity contribution in [1.29, 1.82) is 5.41 Å². The molecular weight excluding hydrogens is 126 g/mol. The van der Waals surface area contributed by atoms with Crippen LogP contribution in [0.5, 0.6) is 0 Å². The smallest absolute Gasteiger partial charge is 0.0925 e. The second-order valence-corrected chi connectivity index (χ2v) is 2.92. The molecule has 0 radical (unpaired) electrons. The Morgan fingerprint density at radius 1 is 1.80 bits per heavy atom. The summed E-state index contributed by atoms with van der Waals surface area (Å²) in [7, 11) is 0. The molecule has 1 saturated heterocycles. The van der Waals surface area contributed by atoms with Crippen molar-refractivity contribution in [2.24, 2.45) is 11.7 Å². The number of rotatable bonds is 1. The lowest BCUT2D eigenvalue weighted by Crippen LogP contribution is -2.26. The molecule has 0 aliphatic carbocycles. The third-order valence-corrected chi connectivity index (χ3v) is 2.09. The van der Waals surface area contributed by atoms with Crippen LogP contribution in [-0.2, 0) is 0 Å². The second kappa shape index (κ2) is 3.01. The summed E-state index contributed by atoms with van der Waals surface area (Å²) in [6.45, 7) is 4.62. The number of hydrogen-bond acceptors (Lipinski definition) is 2. The van der Waals surface area contributed by atoms with Crippen LogP contribution in [-0.4, -0.2) is 30.4 Å². The van der Waals surface area contributed by atoms with E-state index in [2.05, 4.69) is 4.90 Å². The van der Waals surface area contributed by atoms with E-state index in [9.17, 15) is 0 Å². The molecular formula is C7H15N3. The molecule has 1 rings (SSSR count). The average Bonchev–Trinajstić information content (AvgIpc) is 2.34. The normalized spacial score (nSPS) is 25.4. The van der Waals surface area contributed by atoms with E-state index in [1.165, 1.54) is 0 Å². The van der Waals surface area contributed by atoms with E-state index in [0.717, 1.165) is 26.1 Å². The molecule has 1 unspecified atom stereocenters. The topological polar surface area (TPSA) is 53.1 Å². The van der Waals surface area contributed by atoms with Gasteiger partial charge in [-0.05, 0) is 25.8 Å². The Balaban J connectivity index is 2.35. The fourth-order valence-electron chi connectivity index (χ4n) is 1.33. The van der Waals surface area contributed by atoms with Crippen molar-refractivity contribution in [3.8, 4) is 0 Å². The number of hydrogen-bond donors (Lipinski definition) is 2. The maximum Gasteiger partial charge on any atom is 0.0925 e. The predicted octanol–water partition coefficient (Wildman–Crippen LogP) is 0.264. The summed E-state index contributed by atoms with van der Waals surface area (Å²) in [5.74, 6) is 1.30. The average molecular weight is 141 g/mol. The Morgan fingerprint density at radius 3 is 2.80 bits per heavy atom. The van der Waals surface area contributed by atoms with Gasteiger partial charge in [0.05, 0.1) is 5.84 Å². The van der Waals surface area contributed by atoms with E-state index in [4.69, 9.17) is 11.1 Å². The van der Waals surface area contributed by atoms with Crippen molar-refractivity contribution in [1.82, 2.24) is 4.90 Å². The van der Waals surface area contributed by atoms with Crippen LogP contribution >= 0.6 is 0 Å². The Morgan fingerprint density at radius 2 is 2.50 bits per heavy atom. The highest BCUT2D eigenvalue weighted by Gasteiger charge is 2.20. The van der Waals surface area contributed by atoms with Gasteiger partial charge in [0.1, 0.15) is 0 Å². The highest BCUT2D eigenvalue weighted by atomic mass is 15.2. The first-order chi connectivity index (χ1) is 4.74. The summed E-state index contributed by atoms with van der Waals surface area (Å²) in [4.78, 5) is 2.08. The zero-order valence-corrected chi connectivity index (χ0v) is 6.43. The summed E-state index contributed by atoms with van der Waals surface area (Å²) in [5.41, 5.74) is 5.50. The summed E-state index contributed by atoms with van der Waals surface area (Å²) in [6, 6.07) is 0. The zero-order chi connectivity index (χ0) is 7.56. The molecule has 3 nitrogen and oxygen atoms in total. The molecule has 0 saturated carbocycles. The molecule has 1 fully saturated rings. The maximum atomic E-state index is 7.34. The zero-order valence-electron chi connectivity index (χ0n) is 6.43. The fourth-order valence-corrected chi connectivity index (χ4v) is 1.33. The quantitative estimate of drug-likeness (QED) is 0.406. The van der Waals surface area contributed by atoms with Crippen LogP contribution in [0.25, 0.3) is 0 Å². The monoisotopic (exact) mass is 141 g/mol. The van der Waals surface area contributed by atoms with E-state index in [1.807, 2.05) is 6.92 Å². The molecule has 1 aliphatic rings. The van der Waals surface area contributed by atoms with Gasteiger partial charge in [0.15, 0.2) is 0 Å². The van der Waals surface area contributed by atoms with Gasteiger partial charge in [0, 0.05) is 13.1 Å². The van der Waals surface area contributed by atoms with Gasteiger partial charge in [-0.2, -0.15) is 0 Å². The Hall–Kier alpha value is -0.570. The highest BCUT2D eigenvalue weighted by Crippen LogP contribution is 2.14. The van der Waals surface area contributed by atoms with Gasteiger partial charge in [-0.3, -0.25) is 5.41 Å². The molecule has 3 N–H and O–H groups in total. The molecule has 1 atom stereocenters. The number of nitrogens with two attached hydrogens (primary N) is 1. The van der Waals surface area contributed by atoms with E-state index in [-0.39, 0.29) is 0 Å². The molecule has 0 aromatic rings. The van der Waals surface area contributed by atoms with Crippen molar-refractivity contribution in [2.45, 2.75) is 13.3 Å². The molecule has 0 aromatic heterocycles. The minimum absolute atomic E-state index is 0.625. The number of amidine groups is 1. The first kappa shape index (κ1) is 7.54. The molecule has 58 valence electrons. The van der Waals surface area contributed by atoms with Crippen LogP contribution in [0.2, 0.25) is 0 Å². The molecule has 1 heterocycles. The molecule has 0 amide bonds. The van der Waals surface area contributed by atoms with Crippen LogP contribution in [0.15, 0.2) is 0 Å². The molecule has 3 heteroatoms. The summed E-state index contributed by atoms with van der Waals surface area (Å²) < 4.78 is 0. The molecule has 10 heavy (non-hydrogen) atoms. The third-order valence-electron chi connectivity index (χ3n) is 2.09. The third kappa shape index (κ3) is 1.48. The van der Waals surface area contributed by atoms with Gasteiger partial charge in [-0.25, -0.2) is 0 Å². The van der Waals surface area contributed by atoms with E-state index in [1.54, 1.807) is 0 Å². The highest BCUT2D eigenvalue weighted by molar-refractivity contribution is 5.76. The van der Waals surface area contributed by atoms with Crippen LogP contribution in [0, 0.1) is 11.3 Å². The maximum absolute atomic E-state index is 7.34. The minimum atomic E-state index is 0.625. The van der Waals surface area contributed by atoms with Gasteiger partial charge in [-0.15, -0.1) is 0 Å². The van der Waals surface area contributed by atoms with Crippen molar-refractivity contribution in [3.05, 3.63) is 0 Å². The van der Waals surface area contributed by atoms with E-state index in [0.29, 0.717) is 11.8 Å². The lowest BCUT2D eigenvalue weighted by atomic mass is 10.1. The number of nitrogens with zero attached hydrogens (tertiary/aromatic N) is 1. The van der Waals surface area contributed by atoms with Crippen LogP contribution in [0.3, 0.4) is 0 Å². The minimum Gasteiger partial charge on any atom is -0.360 e. The van der Waals surface area contributed by atoms with Crippen molar-refractivity contribution in [3.63, 3.8) is 0 Å². The van der Waals surface area contributed by atoms with E-state index < -0.39 is 0 Å². The Labute approximate surface area is 61.7 Å². The Kier molecular flexibility index (Phi) is 2.27. The first-order valence-electron chi connectivity index (χ1n) is 3.74. The summed E-state index contributed by atoms with van der Waals surface area (Å²) >= 11 is 0. The van der Waals surface area contributed by atoms with Crippen molar-refractivity contribution >= 4 is 5.84 Å². The second-order valence-electron chi connectivity index (χ2n) is 2.92. The van der Waals surface area contributed by atoms with Crippen molar-refractivity contribution < 1.29 is 0 Å². The van der Waals surface area contributed by atoms with Gasteiger partial charge in [0.2, 0.25) is 0 Å². The Bertz CT molecular complexity index is 133. The van der Waals surface area contributed by atoms with Crippen LogP contribution < -0.4 is 5.73 Å². The van der Waals surface area contributed by atoms with E-state index >= 15 is 0 Å². The largest absolute Gasteiger partial charge is 0.360 e. The van der Waals surface area contributed by atoms with Crippen LogP contribution in [0.4, 0.5) is 0 Å².